The van der Waals surface area contributed by atoms with Crippen LogP contribution in [0.3, 0.4) is 0 Å². The van der Waals surface area contributed by atoms with Gasteiger partial charge in [0.25, 0.3) is 11.8 Å². The van der Waals surface area contributed by atoms with Crippen molar-refractivity contribution in [2.45, 2.75) is 13.5 Å². The predicted molar refractivity (Wildman–Crippen MR) is 105 cm³/mol. The number of benzene rings is 1. The summed E-state index contributed by atoms with van der Waals surface area (Å²) < 4.78 is 10.1. The fourth-order valence-electron chi connectivity index (χ4n) is 2.55. The lowest BCUT2D eigenvalue weighted by molar-refractivity contribution is 0.0598. The van der Waals surface area contributed by atoms with Gasteiger partial charge in [-0.3, -0.25) is 9.59 Å². The topological polar surface area (TPSA) is 97.6 Å². The maximum atomic E-state index is 12.4. The van der Waals surface area contributed by atoms with Crippen molar-refractivity contribution < 1.29 is 23.5 Å². The number of ether oxygens (including phenoxy) is 1. The van der Waals surface area contributed by atoms with Gasteiger partial charge in [-0.15, -0.1) is 11.3 Å². The summed E-state index contributed by atoms with van der Waals surface area (Å²) in [6, 6.07) is 11.7. The Labute approximate surface area is 165 Å². The first-order chi connectivity index (χ1) is 13.5. The molecule has 0 saturated heterocycles. The van der Waals surface area contributed by atoms with Crippen molar-refractivity contribution in [3.05, 3.63) is 75.4 Å². The molecule has 0 aliphatic rings. The summed E-state index contributed by atoms with van der Waals surface area (Å²) in [6.07, 6.45) is 0. The van der Waals surface area contributed by atoms with Crippen molar-refractivity contribution in [1.29, 1.82) is 0 Å². The number of anilines is 1. The number of hydrogen-bond donors (Lipinski definition) is 2. The molecule has 3 aromatic rings. The molecule has 8 heteroatoms. The van der Waals surface area contributed by atoms with Crippen molar-refractivity contribution in [1.82, 2.24) is 5.32 Å². The molecule has 0 saturated carbocycles. The molecule has 3 rings (SSSR count). The minimum absolute atomic E-state index is 0.114. The molecule has 0 atom stereocenters. The monoisotopic (exact) mass is 398 g/mol. The van der Waals surface area contributed by atoms with Crippen molar-refractivity contribution in [2.24, 2.45) is 0 Å². The van der Waals surface area contributed by atoms with Crippen LogP contribution in [-0.4, -0.2) is 24.9 Å². The molecule has 0 fully saturated rings. The molecular weight excluding hydrogens is 380 g/mol. The van der Waals surface area contributed by atoms with Crippen LogP contribution in [0.25, 0.3) is 0 Å². The van der Waals surface area contributed by atoms with Crippen LogP contribution in [0.5, 0.6) is 0 Å². The normalized spacial score (nSPS) is 10.4. The van der Waals surface area contributed by atoms with Crippen LogP contribution in [0.15, 0.2) is 52.3 Å². The fourth-order valence-corrected chi connectivity index (χ4v) is 3.17. The Kier molecular flexibility index (Phi) is 5.90. The van der Waals surface area contributed by atoms with E-state index in [1.807, 2.05) is 5.38 Å². The summed E-state index contributed by atoms with van der Waals surface area (Å²) in [5.74, 6) is -0.189. The van der Waals surface area contributed by atoms with E-state index in [0.717, 1.165) is 0 Å². The second-order valence-electron chi connectivity index (χ2n) is 5.87. The molecule has 2 aromatic heterocycles. The van der Waals surface area contributed by atoms with Gasteiger partial charge < -0.3 is 19.8 Å². The molecule has 2 N–H and O–H groups in total. The van der Waals surface area contributed by atoms with Crippen LogP contribution in [-0.2, 0) is 11.3 Å². The van der Waals surface area contributed by atoms with Crippen LogP contribution < -0.4 is 10.6 Å². The molecule has 2 heterocycles. The van der Waals surface area contributed by atoms with Crippen LogP contribution >= 0.6 is 11.3 Å². The Morgan fingerprint density at radius 2 is 1.93 bits per heavy atom. The van der Waals surface area contributed by atoms with Gasteiger partial charge in [-0.1, -0.05) is 12.1 Å². The number of esters is 1. The zero-order valence-electron chi connectivity index (χ0n) is 15.3. The van der Waals surface area contributed by atoms with E-state index in [2.05, 4.69) is 15.4 Å². The average Bonchev–Trinajstić information content (AvgIpc) is 3.35. The first kappa shape index (κ1) is 19.4. The predicted octanol–water partition coefficient (Wildman–Crippen LogP) is 3.62. The zero-order valence-corrected chi connectivity index (χ0v) is 16.1. The van der Waals surface area contributed by atoms with Gasteiger partial charge in [-0.25, -0.2) is 4.79 Å². The number of carbonyl (C=O) groups is 3. The molecule has 0 unspecified atom stereocenters. The first-order valence-corrected chi connectivity index (χ1v) is 9.26. The number of aryl methyl sites for hydroxylation is 1. The number of carbonyl (C=O) groups excluding carboxylic acids is 3. The van der Waals surface area contributed by atoms with E-state index in [4.69, 9.17) is 4.42 Å². The number of nitrogens with one attached hydrogen (secondary N) is 2. The van der Waals surface area contributed by atoms with Gasteiger partial charge in [-0.05, 0) is 42.6 Å². The second kappa shape index (κ2) is 8.53. The molecule has 28 heavy (non-hydrogen) atoms. The smallest absolute Gasteiger partial charge is 0.341 e. The average molecular weight is 398 g/mol. The standard InChI is InChI=1S/C20H18N2O5S/c1-12-16(20(25)26-2)10-15(27-12)11-21-18(23)13-5-3-6-14(9-13)22-19(24)17-7-4-8-28-17/h3-10H,11H2,1-2H3,(H,21,23)(H,22,24). The van der Waals surface area contributed by atoms with Gasteiger partial charge >= 0.3 is 5.97 Å². The third kappa shape index (κ3) is 4.47. The van der Waals surface area contributed by atoms with Gasteiger partial charge in [0.05, 0.1) is 18.5 Å². The Hall–Kier alpha value is -3.39. The maximum absolute atomic E-state index is 12.4. The minimum atomic E-state index is -0.493. The highest BCUT2D eigenvalue weighted by Gasteiger charge is 2.16. The molecular formula is C20H18N2O5S. The highest BCUT2D eigenvalue weighted by Crippen LogP contribution is 2.17. The SMILES string of the molecule is COC(=O)c1cc(CNC(=O)c2cccc(NC(=O)c3cccs3)c2)oc1C. The van der Waals surface area contributed by atoms with E-state index in [1.54, 1.807) is 49.4 Å². The van der Waals surface area contributed by atoms with Gasteiger partial charge in [0.1, 0.15) is 17.1 Å². The molecule has 144 valence electrons. The van der Waals surface area contributed by atoms with Crippen LogP contribution in [0, 0.1) is 6.92 Å². The first-order valence-electron chi connectivity index (χ1n) is 8.38. The third-order valence-electron chi connectivity index (χ3n) is 3.92. The third-order valence-corrected chi connectivity index (χ3v) is 4.79. The molecule has 0 bridgehead atoms. The molecule has 0 aliphatic heterocycles. The van der Waals surface area contributed by atoms with E-state index in [9.17, 15) is 14.4 Å². The lowest BCUT2D eigenvalue weighted by atomic mass is 10.2. The largest absolute Gasteiger partial charge is 0.465 e. The lowest BCUT2D eigenvalue weighted by Gasteiger charge is -2.07. The highest BCUT2D eigenvalue weighted by molar-refractivity contribution is 7.12. The Balaban J connectivity index is 1.63. The van der Waals surface area contributed by atoms with E-state index in [0.29, 0.717) is 33.2 Å². The molecule has 0 spiro atoms. The number of hydrogen-bond acceptors (Lipinski definition) is 6. The van der Waals surface area contributed by atoms with Gasteiger partial charge in [0.2, 0.25) is 0 Å². The summed E-state index contributed by atoms with van der Waals surface area (Å²) in [7, 11) is 1.29. The Morgan fingerprint density at radius 1 is 1.11 bits per heavy atom. The van der Waals surface area contributed by atoms with Crippen LogP contribution in [0.1, 0.15) is 41.9 Å². The summed E-state index contributed by atoms with van der Waals surface area (Å²) in [4.78, 5) is 36.7. The summed E-state index contributed by atoms with van der Waals surface area (Å²) in [5, 5.41) is 7.31. The quantitative estimate of drug-likeness (QED) is 0.618. The number of rotatable bonds is 6. The number of methoxy groups -OCH3 is 1. The highest BCUT2D eigenvalue weighted by atomic mass is 32.1. The Morgan fingerprint density at radius 3 is 2.64 bits per heavy atom. The fraction of sp³-hybridized carbons (Fsp3) is 0.150. The number of furan rings is 1. The van der Waals surface area contributed by atoms with Crippen molar-refractivity contribution in [3.63, 3.8) is 0 Å². The van der Waals surface area contributed by atoms with E-state index in [-0.39, 0.29) is 18.4 Å². The van der Waals surface area contributed by atoms with Crippen molar-refractivity contribution in [2.75, 3.05) is 12.4 Å². The van der Waals surface area contributed by atoms with Gasteiger partial charge in [0.15, 0.2) is 0 Å². The number of amides is 2. The summed E-state index contributed by atoms with van der Waals surface area (Å²) in [6.45, 7) is 1.76. The van der Waals surface area contributed by atoms with Crippen molar-refractivity contribution >= 4 is 34.8 Å². The van der Waals surface area contributed by atoms with Gasteiger partial charge in [0, 0.05) is 11.3 Å². The second-order valence-corrected chi connectivity index (χ2v) is 6.82. The minimum Gasteiger partial charge on any atom is -0.465 e. The van der Waals surface area contributed by atoms with Crippen LogP contribution in [0.4, 0.5) is 5.69 Å². The van der Waals surface area contributed by atoms with E-state index in [1.165, 1.54) is 18.4 Å². The molecule has 2 amide bonds. The van der Waals surface area contributed by atoms with E-state index < -0.39 is 5.97 Å². The van der Waals surface area contributed by atoms with E-state index >= 15 is 0 Å². The molecule has 7 nitrogen and oxygen atoms in total. The Bertz CT molecular complexity index is 1010. The zero-order chi connectivity index (χ0) is 20.1. The summed E-state index contributed by atoms with van der Waals surface area (Å²) >= 11 is 1.34. The molecule has 0 aliphatic carbocycles. The molecule has 0 radical (unpaired) electrons. The van der Waals surface area contributed by atoms with Gasteiger partial charge in [-0.2, -0.15) is 0 Å². The summed E-state index contributed by atoms with van der Waals surface area (Å²) in [5.41, 5.74) is 1.23. The van der Waals surface area contributed by atoms with Crippen LogP contribution in [0.2, 0.25) is 0 Å². The van der Waals surface area contributed by atoms with Crippen molar-refractivity contribution in [3.8, 4) is 0 Å². The number of thiophene rings is 1. The molecule has 1 aromatic carbocycles. The maximum Gasteiger partial charge on any atom is 0.341 e. The lowest BCUT2D eigenvalue weighted by Crippen LogP contribution is -2.22.